The second kappa shape index (κ2) is 5.94. The first-order valence-corrected chi connectivity index (χ1v) is 6.24. The van der Waals surface area contributed by atoms with Crippen LogP contribution in [0.5, 0.6) is 0 Å². The Balaban J connectivity index is 1.79. The second-order valence-electron chi connectivity index (χ2n) is 4.77. The molecule has 0 atom stereocenters. The molecule has 1 fully saturated rings. The van der Waals surface area contributed by atoms with Crippen LogP contribution in [0.2, 0.25) is 0 Å². The fraction of sp³-hybridized carbons (Fsp3) is 0.500. The maximum atomic E-state index is 4.36. The summed E-state index contributed by atoms with van der Waals surface area (Å²) in [5.74, 6) is 0. The van der Waals surface area contributed by atoms with Crippen LogP contribution in [0.1, 0.15) is 11.3 Å². The standard InChI is InChI=1S/C14H21N3/c1-13-5-6-14(15-12-13)4-3-7-17-10-8-16(2)9-11-17/h3-6,12H,7-11H2,1-2H3/b4-3+. The number of aryl methyl sites for hydroxylation is 1. The lowest BCUT2D eigenvalue weighted by molar-refractivity contribution is 0.167. The fourth-order valence-electron chi connectivity index (χ4n) is 1.93. The summed E-state index contributed by atoms with van der Waals surface area (Å²) in [6, 6.07) is 4.17. The van der Waals surface area contributed by atoms with Gasteiger partial charge in [0.2, 0.25) is 0 Å². The SMILES string of the molecule is Cc1ccc(/C=C/CN2CCN(C)CC2)nc1. The van der Waals surface area contributed by atoms with Crippen molar-refractivity contribution < 1.29 is 0 Å². The van der Waals surface area contributed by atoms with Crippen molar-refractivity contribution in [3.63, 3.8) is 0 Å². The van der Waals surface area contributed by atoms with Gasteiger partial charge in [0.1, 0.15) is 0 Å². The van der Waals surface area contributed by atoms with Crippen LogP contribution in [0.3, 0.4) is 0 Å². The third-order valence-electron chi connectivity index (χ3n) is 3.18. The predicted molar refractivity (Wildman–Crippen MR) is 71.9 cm³/mol. The summed E-state index contributed by atoms with van der Waals surface area (Å²) < 4.78 is 0. The molecule has 1 aromatic heterocycles. The number of hydrogen-bond acceptors (Lipinski definition) is 3. The van der Waals surface area contributed by atoms with Gasteiger partial charge in [0.05, 0.1) is 5.69 Å². The lowest BCUT2D eigenvalue weighted by atomic mass is 10.2. The van der Waals surface area contributed by atoms with Crippen LogP contribution in [0.4, 0.5) is 0 Å². The minimum atomic E-state index is 1.03. The predicted octanol–water partition coefficient (Wildman–Crippen LogP) is 1.65. The first-order chi connectivity index (χ1) is 8.24. The monoisotopic (exact) mass is 231 g/mol. The molecule has 1 aromatic rings. The first kappa shape index (κ1) is 12.3. The smallest absolute Gasteiger partial charge is 0.0627 e. The van der Waals surface area contributed by atoms with E-state index >= 15 is 0 Å². The molecule has 0 spiro atoms. The Kier molecular flexibility index (Phi) is 4.29. The molecule has 3 nitrogen and oxygen atoms in total. The first-order valence-electron chi connectivity index (χ1n) is 6.24. The molecule has 0 radical (unpaired) electrons. The second-order valence-corrected chi connectivity index (χ2v) is 4.77. The molecular weight excluding hydrogens is 210 g/mol. The molecular formula is C14H21N3. The van der Waals surface area contributed by atoms with E-state index in [0.29, 0.717) is 0 Å². The number of nitrogens with zero attached hydrogens (tertiary/aromatic N) is 3. The molecule has 2 rings (SSSR count). The van der Waals surface area contributed by atoms with Crippen molar-refractivity contribution >= 4 is 6.08 Å². The number of hydrogen-bond donors (Lipinski definition) is 0. The maximum Gasteiger partial charge on any atom is 0.0627 e. The molecule has 92 valence electrons. The summed E-state index contributed by atoms with van der Waals surface area (Å²) in [7, 11) is 2.18. The van der Waals surface area contributed by atoms with E-state index in [1.165, 1.54) is 31.7 Å². The normalized spacial score (nSPS) is 18.9. The van der Waals surface area contributed by atoms with Crippen LogP contribution in [0.15, 0.2) is 24.4 Å². The summed E-state index contributed by atoms with van der Waals surface area (Å²) in [5, 5.41) is 0. The molecule has 0 aromatic carbocycles. The zero-order chi connectivity index (χ0) is 12.1. The molecule has 0 aliphatic carbocycles. The van der Waals surface area contributed by atoms with Gasteiger partial charge in [-0.25, -0.2) is 0 Å². The molecule has 0 N–H and O–H groups in total. The zero-order valence-corrected chi connectivity index (χ0v) is 10.8. The van der Waals surface area contributed by atoms with Crippen molar-refractivity contribution in [1.82, 2.24) is 14.8 Å². The van der Waals surface area contributed by atoms with Gasteiger partial charge in [-0.05, 0) is 31.7 Å². The molecule has 17 heavy (non-hydrogen) atoms. The number of pyridine rings is 1. The molecule has 1 saturated heterocycles. The van der Waals surface area contributed by atoms with Gasteiger partial charge in [0, 0.05) is 38.9 Å². The van der Waals surface area contributed by atoms with E-state index in [1.54, 1.807) is 0 Å². The highest BCUT2D eigenvalue weighted by atomic mass is 15.2. The molecule has 1 aliphatic rings. The van der Waals surface area contributed by atoms with E-state index in [-0.39, 0.29) is 0 Å². The Labute approximate surface area is 104 Å². The van der Waals surface area contributed by atoms with Crippen LogP contribution >= 0.6 is 0 Å². The van der Waals surface area contributed by atoms with E-state index < -0.39 is 0 Å². The highest BCUT2D eigenvalue weighted by Crippen LogP contribution is 2.02. The van der Waals surface area contributed by atoms with E-state index in [0.717, 1.165) is 12.2 Å². The van der Waals surface area contributed by atoms with Gasteiger partial charge in [0.25, 0.3) is 0 Å². The van der Waals surface area contributed by atoms with Gasteiger partial charge in [-0.3, -0.25) is 9.88 Å². The van der Waals surface area contributed by atoms with Crippen molar-refractivity contribution in [3.05, 3.63) is 35.7 Å². The number of likely N-dealkylation sites (N-methyl/N-ethyl adjacent to an activating group) is 1. The molecule has 3 heteroatoms. The molecule has 1 aliphatic heterocycles. The van der Waals surface area contributed by atoms with Crippen molar-refractivity contribution in [2.75, 3.05) is 39.8 Å². The Bertz CT molecular complexity index is 362. The van der Waals surface area contributed by atoms with E-state index in [4.69, 9.17) is 0 Å². The minimum Gasteiger partial charge on any atom is -0.304 e. The Morgan fingerprint density at radius 3 is 2.65 bits per heavy atom. The summed E-state index contributed by atoms with van der Waals surface area (Å²) in [6.45, 7) is 7.78. The zero-order valence-electron chi connectivity index (χ0n) is 10.8. The van der Waals surface area contributed by atoms with Crippen LogP contribution in [-0.4, -0.2) is 54.6 Å². The Morgan fingerprint density at radius 1 is 1.24 bits per heavy atom. The topological polar surface area (TPSA) is 19.4 Å². The van der Waals surface area contributed by atoms with E-state index in [1.807, 2.05) is 6.20 Å². The average Bonchev–Trinajstić information content (AvgIpc) is 2.34. The van der Waals surface area contributed by atoms with Gasteiger partial charge in [-0.1, -0.05) is 12.1 Å². The van der Waals surface area contributed by atoms with Crippen molar-refractivity contribution in [1.29, 1.82) is 0 Å². The van der Waals surface area contributed by atoms with Crippen LogP contribution < -0.4 is 0 Å². The molecule has 2 heterocycles. The Hall–Kier alpha value is -1.19. The maximum absolute atomic E-state index is 4.36. The van der Waals surface area contributed by atoms with Crippen LogP contribution in [0, 0.1) is 6.92 Å². The summed E-state index contributed by atoms with van der Waals surface area (Å²) in [4.78, 5) is 9.21. The largest absolute Gasteiger partial charge is 0.304 e. The lowest BCUT2D eigenvalue weighted by Crippen LogP contribution is -2.44. The molecule has 0 unspecified atom stereocenters. The Morgan fingerprint density at radius 2 is 2.00 bits per heavy atom. The number of aromatic nitrogens is 1. The van der Waals surface area contributed by atoms with Crippen LogP contribution in [0.25, 0.3) is 6.08 Å². The molecule has 0 saturated carbocycles. The quantitative estimate of drug-likeness (QED) is 0.788. The van der Waals surface area contributed by atoms with Gasteiger partial charge < -0.3 is 4.90 Å². The highest BCUT2D eigenvalue weighted by molar-refractivity contribution is 5.44. The van der Waals surface area contributed by atoms with Gasteiger partial charge in [-0.2, -0.15) is 0 Å². The van der Waals surface area contributed by atoms with Gasteiger partial charge in [-0.15, -0.1) is 0 Å². The third kappa shape index (κ3) is 3.95. The van der Waals surface area contributed by atoms with Crippen LogP contribution in [-0.2, 0) is 0 Å². The molecule has 0 bridgehead atoms. The highest BCUT2D eigenvalue weighted by Gasteiger charge is 2.11. The molecule has 0 amide bonds. The van der Waals surface area contributed by atoms with Crippen molar-refractivity contribution in [2.45, 2.75) is 6.92 Å². The van der Waals surface area contributed by atoms with Crippen molar-refractivity contribution in [2.24, 2.45) is 0 Å². The van der Waals surface area contributed by atoms with E-state index in [2.05, 4.69) is 53.0 Å². The van der Waals surface area contributed by atoms with Gasteiger partial charge in [0.15, 0.2) is 0 Å². The van der Waals surface area contributed by atoms with E-state index in [9.17, 15) is 0 Å². The number of piperazine rings is 1. The third-order valence-corrected chi connectivity index (χ3v) is 3.18. The summed E-state index contributed by atoms with van der Waals surface area (Å²) >= 11 is 0. The summed E-state index contributed by atoms with van der Waals surface area (Å²) in [6.07, 6.45) is 6.23. The minimum absolute atomic E-state index is 1.03. The number of rotatable bonds is 3. The van der Waals surface area contributed by atoms with Crippen molar-refractivity contribution in [3.8, 4) is 0 Å². The summed E-state index contributed by atoms with van der Waals surface area (Å²) in [5.41, 5.74) is 2.26. The van der Waals surface area contributed by atoms with Gasteiger partial charge >= 0.3 is 0 Å². The average molecular weight is 231 g/mol. The lowest BCUT2D eigenvalue weighted by Gasteiger charge is -2.31. The fourth-order valence-corrected chi connectivity index (χ4v) is 1.93.